The zero-order valence-electron chi connectivity index (χ0n) is 7.85. The van der Waals surface area contributed by atoms with Gasteiger partial charge in [-0.05, 0) is 5.56 Å². The van der Waals surface area contributed by atoms with Gasteiger partial charge >= 0.3 is 0 Å². The predicted molar refractivity (Wildman–Crippen MR) is 53.8 cm³/mol. The standard InChI is InChI=1S/C11H14N2/c1-12-7-8-13(10-12)9-11-5-3-2-4-6-11/h2-8H,9-10H2,1H3. The molecular formula is C11H14N2. The van der Waals surface area contributed by atoms with Crippen LogP contribution in [0.4, 0.5) is 0 Å². The largest absolute Gasteiger partial charge is 0.362 e. The Morgan fingerprint density at radius 1 is 1.15 bits per heavy atom. The molecule has 2 rings (SSSR count). The van der Waals surface area contributed by atoms with Crippen LogP contribution in [0.5, 0.6) is 0 Å². The Morgan fingerprint density at radius 3 is 2.54 bits per heavy atom. The van der Waals surface area contributed by atoms with Crippen molar-refractivity contribution in [2.45, 2.75) is 6.54 Å². The maximum absolute atomic E-state index is 2.29. The highest BCUT2D eigenvalue weighted by Crippen LogP contribution is 2.09. The summed E-state index contributed by atoms with van der Waals surface area (Å²) in [5.41, 5.74) is 1.36. The zero-order chi connectivity index (χ0) is 9.10. The molecule has 0 saturated heterocycles. The van der Waals surface area contributed by atoms with Crippen molar-refractivity contribution < 1.29 is 0 Å². The molecule has 0 saturated carbocycles. The summed E-state index contributed by atoms with van der Waals surface area (Å²) < 4.78 is 0. The van der Waals surface area contributed by atoms with Gasteiger partial charge in [0.05, 0.1) is 6.67 Å². The van der Waals surface area contributed by atoms with Gasteiger partial charge in [-0.15, -0.1) is 0 Å². The molecular weight excluding hydrogens is 160 g/mol. The van der Waals surface area contributed by atoms with E-state index in [0.29, 0.717) is 0 Å². The van der Waals surface area contributed by atoms with E-state index in [1.165, 1.54) is 5.56 Å². The van der Waals surface area contributed by atoms with E-state index in [1.54, 1.807) is 0 Å². The topological polar surface area (TPSA) is 6.48 Å². The van der Waals surface area contributed by atoms with Crippen LogP contribution < -0.4 is 0 Å². The molecule has 0 amide bonds. The van der Waals surface area contributed by atoms with E-state index in [0.717, 1.165) is 13.2 Å². The molecule has 0 N–H and O–H groups in total. The average molecular weight is 174 g/mol. The van der Waals surface area contributed by atoms with Gasteiger partial charge in [-0.1, -0.05) is 30.3 Å². The quantitative estimate of drug-likeness (QED) is 0.675. The van der Waals surface area contributed by atoms with Gasteiger partial charge in [-0.3, -0.25) is 0 Å². The van der Waals surface area contributed by atoms with Crippen molar-refractivity contribution >= 4 is 0 Å². The van der Waals surface area contributed by atoms with Crippen molar-refractivity contribution in [1.82, 2.24) is 9.80 Å². The third kappa shape index (κ3) is 2.02. The van der Waals surface area contributed by atoms with Crippen molar-refractivity contribution in [2.24, 2.45) is 0 Å². The molecule has 0 unspecified atom stereocenters. The fourth-order valence-electron chi connectivity index (χ4n) is 1.51. The molecule has 0 aliphatic carbocycles. The minimum atomic E-state index is 0.995. The fraction of sp³-hybridized carbons (Fsp3) is 0.273. The van der Waals surface area contributed by atoms with Gasteiger partial charge in [0.2, 0.25) is 0 Å². The Hall–Kier alpha value is -1.44. The van der Waals surface area contributed by atoms with Crippen molar-refractivity contribution in [3.05, 3.63) is 48.3 Å². The van der Waals surface area contributed by atoms with Gasteiger partial charge < -0.3 is 9.80 Å². The zero-order valence-corrected chi connectivity index (χ0v) is 7.85. The number of rotatable bonds is 2. The molecule has 2 nitrogen and oxygen atoms in total. The van der Waals surface area contributed by atoms with E-state index in [2.05, 4.69) is 59.6 Å². The van der Waals surface area contributed by atoms with Gasteiger partial charge in [0, 0.05) is 26.0 Å². The normalized spacial score (nSPS) is 15.5. The summed E-state index contributed by atoms with van der Waals surface area (Å²) in [5.74, 6) is 0. The summed E-state index contributed by atoms with van der Waals surface area (Å²) in [6.07, 6.45) is 4.23. The van der Waals surface area contributed by atoms with Crippen LogP contribution in [0.1, 0.15) is 5.56 Å². The van der Waals surface area contributed by atoms with Crippen LogP contribution in [0.3, 0.4) is 0 Å². The Bertz CT molecular complexity index is 292. The van der Waals surface area contributed by atoms with Gasteiger partial charge in [0.15, 0.2) is 0 Å². The highest BCUT2D eigenvalue weighted by Gasteiger charge is 2.07. The maximum atomic E-state index is 2.29. The monoisotopic (exact) mass is 174 g/mol. The number of hydrogen-bond donors (Lipinski definition) is 0. The Labute approximate surface area is 79.1 Å². The van der Waals surface area contributed by atoms with Crippen LogP contribution in [-0.4, -0.2) is 23.5 Å². The summed E-state index contributed by atoms with van der Waals surface area (Å²) in [4.78, 5) is 4.46. The second kappa shape index (κ2) is 3.52. The van der Waals surface area contributed by atoms with E-state index < -0.39 is 0 Å². The molecule has 0 atom stereocenters. The molecule has 68 valence electrons. The first-order chi connectivity index (χ1) is 6.34. The first-order valence-corrected chi connectivity index (χ1v) is 4.51. The van der Waals surface area contributed by atoms with Gasteiger partial charge in [-0.25, -0.2) is 0 Å². The molecule has 1 aromatic carbocycles. The lowest BCUT2D eigenvalue weighted by molar-refractivity contribution is 0.291. The predicted octanol–water partition coefficient (Wildman–Crippen LogP) is 1.86. The van der Waals surface area contributed by atoms with Crippen molar-refractivity contribution in [3.8, 4) is 0 Å². The van der Waals surface area contributed by atoms with Crippen molar-refractivity contribution in [2.75, 3.05) is 13.7 Å². The molecule has 1 heterocycles. The highest BCUT2D eigenvalue weighted by atomic mass is 15.3. The Morgan fingerprint density at radius 2 is 1.92 bits per heavy atom. The summed E-state index contributed by atoms with van der Waals surface area (Å²) in [6.45, 7) is 2.00. The smallest absolute Gasteiger partial charge is 0.0894 e. The van der Waals surface area contributed by atoms with Crippen LogP contribution in [0.2, 0.25) is 0 Å². The summed E-state index contributed by atoms with van der Waals surface area (Å²) in [6, 6.07) is 10.5. The van der Waals surface area contributed by atoms with Crippen LogP contribution in [-0.2, 0) is 6.54 Å². The first kappa shape index (κ1) is 8.17. The summed E-state index contributed by atoms with van der Waals surface area (Å²) >= 11 is 0. The van der Waals surface area contributed by atoms with Gasteiger partial charge in [0.1, 0.15) is 0 Å². The van der Waals surface area contributed by atoms with Crippen molar-refractivity contribution in [3.63, 3.8) is 0 Å². The minimum Gasteiger partial charge on any atom is -0.362 e. The van der Waals surface area contributed by atoms with Crippen LogP contribution >= 0.6 is 0 Å². The minimum absolute atomic E-state index is 0.995. The Balaban J connectivity index is 1.96. The third-order valence-electron chi connectivity index (χ3n) is 2.17. The summed E-state index contributed by atoms with van der Waals surface area (Å²) in [7, 11) is 2.08. The van der Waals surface area contributed by atoms with Crippen LogP contribution in [0.15, 0.2) is 42.7 Å². The second-order valence-corrected chi connectivity index (χ2v) is 3.43. The lowest BCUT2D eigenvalue weighted by Gasteiger charge is -2.17. The highest BCUT2D eigenvalue weighted by molar-refractivity contribution is 5.15. The molecule has 1 aromatic rings. The molecule has 1 aliphatic heterocycles. The maximum Gasteiger partial charge on any atom is 0.0894 e. The molecule has 0 aromatic heterocycles. The molecule has 0 radical (unpaired) electrons. The fourth-order valence-corrected chi connectivity index (χ4v) is 1.51. The van der Waals surface area contributed by atoms with Crippen LogP contribution in [0, 0.1) is 0 Å². The van der Waals surface area contributed by atoms with E-state index in [1.807, 2.05) is 0 Å². The SMILES string of the molecule is CN1C=CN(Cc2ccccc2)C1. The lowest BCUT2D eigenvalue weighted by atomic mass is 10.2. The molecule has 2 heteroatoms. The summed E-state index contributed by atoms with van der Waals surface area (Å²) in [5, 5.41) is 0. The number of benzene rings is 1. The second-order valence-electron chi connectivity index (χ2n) is 3.43. The molecule has 0 bridgehead atoms. The van der Waals surface area contributed by atoms with E-state index in [4.69, 9.17) is 0 Å². The number of hydrogen-bond acceptors (Lipinski definition) is 2. The average Bonchev–Trinajstić information content (AvgIpc) is 2.53. The van der Waals surface area contributed by atoms with Gasteiger partial charge in [-0.2, -0.15) is 0 Å². The number of nitrogens with zero attached hydrogens (tertiary/aromatic N) is 2. The van der Waals surface area contributed by atoms with Crippen LogP contribution in [0.25, 0.3) is 0 Å². The Kier molecular flexibility index (Phi) is 2.21. The van der Waals surface area contributed by atoms with E-state index in [-0.39, 0.29) is 0 Å². The van der Waals surface area contributed by atoms with Gasteiger partial charge in [0.25, 0.3) is 0 Å². The lowest BCUT2D eigenvalue weighted by Crippen LogP contribution is -2.21. The van der Waals surface area contributed by atoms with E-state index >= 15 is 0 Å². The third-order valence-corrected chi connectivity index (χ3v) is 2.17. The molecule has 0 spiro atoms. The van der Waals surface area contributed by atoms with E-state index in [9.17, 15) is 0 Å². The first-order valence-electron chi connectivity index (χ1n) is 4.51. The molecule has 13 heavy (non-hydrogen) atoms. The molecule has 0 fully saturated rings. The van der Waals surface area contributed by atoms with Crippen molar-refractivity contribution in [1.29, 1.82) is 0 Å². The molecule has 1 aliphatic rings.